The van der Waals surface area contributed by atoms with Crippen LogP contribution in [0.1, 0.15) is 26.7 Å². The van der Waals surface area contributed by atoms with Crippen LogP contribution in [0.25, 0.3) is 0 Å². The third-order valence-corrected chi connectivity index (χ3v) is 0.895. The summed E-state index contributed by atoms with van der Waals surface area (Å²) in [7, 11) is 0. The fourth-order valence-corrected chi connectivity index (χ4v) is 0.453. The first-order valence-corrected chi connectivity index (χ1v) is 3.19. The Hall–Kier alpha value is -0.520. The predicted molar refractivity (Wildman–Crippen MR) is 38.9 cm³/mol. The summed E-state index contributed by atoms with van der Waals surface area (Å²) in [5, 5.41) is 0. The van der Waals surface area contributed by atoms with E-state index < -0.39 is 0 Å². The van der Waals surface area contributed by atoms with Crippen LogP contribution in [-0.2, 0) is 0 Å². The van der Waals surface area contributed by atoms with Gasteiger partial charge < -0.3 is 0 Å². The van der Waals surface area contributed by atoms with Crippen molar-refractivity contribution in [3.63, 3.8) is 0 Å². The highest BCUT2D eigenvalue weighted by Crippen LogP contribution is 1.87. The standard InChI is InChI=1S/C8H14/c1-3-5-7-8-6-4-2/h3,5,7-8H,4,6H2,1-2H3/b5-3?,8-7+. The Morgan fingerprint density at radius 2 is 2.00 bits per heavy atom. The lowest BCUT2D eigenvalue weighted by molar-refractivity contribution is 0.959. The Labute approximate surface area is 51.9 Å². The maximum absolute atomic E-state index is 2.18. The second-order valence-corrected chi connectivity index (χ2v) is 1.74. The van der Waals surface area contributed by atoms with Gasteiger partial charge in [0.1, 0.15) is 0 Å². The van der Waals surface area contributed by atoms with Crippen molar-refractivity contribution in [1.82, 2.24) is 0 Å². The van der Waals surface area contributed by atoms with Crippen molar-refractivity contribution < 1.29 is 0 Å². The van der Waals surface area contributed by atoms with Gasteiger partial charge in [-0.3, -0.25) is 0 Å². The maximum atomic E-state index is 2.18. The van der Waals surface area contributed by atoms with Gasteiger partial charge in [0.2, 0.25) is 0 Å². The summed E-state index contributed by atoms with van der Waals surface area (Å²) >= 11 is 0. The SMILES string of the molecule is CC=C/C=C/CCC. The molecule has 0 N–H and O–H groups in total. The number of hydrogen-bond donors (Lipinski definition) is 0. The maximum Gasteiger partial charge on any atom is -0.0350 e. The van der Waals surface area contributed by atoms with Crippen LogP contribution >= 0.6 is 0 Å². The Kier molecular flexibility index (Phi) is 6.06. The van der Waals surface area contributed by atoms with E-state index in [9.17, 15) is 0 Å². The Bertz CT molecular complexity index is 78.0. The molecule has 0 aromatic carbocycles. The summed E-state index contributed by atoms with van der Waals surface area (Å²) in [6.07, 6.45) is 10.8. The van der Waals surface area contributed by atoms with E-state index >= 15 is 0 Å². The molecule has 0 spiro atoms. The van der Waals surface area contributed by atoms with Gasteiger partial charge in [-0.15, -0.1) is 0 Å². The summed E-state index contributed by atoms with van der Waals surface area (Å²) in [5.74, 6) is 0. The van der Waals surface area contributed by atoms with Crippen molar-refractivity contribution in [3.8, 4) is 0 Å². The predicted octanol–water partition coefficient (Wildman–Crippen LogP) is 2.92. The second kappa shape index (κ2) is 6.48. The molecule has 0 fully saturated rings. The lowest BCUT2D eigenvalue weighted by Gasteiger charge is -1.78. The largest absolute Gasteiger partial charge is 0.0877 e. The zero-order valence-corrected chi connectivity index (χ0v) is 5.72. The second-order valence-electron chi connectivity index (χ2n) is 1.74. The zero-order chi connectivity index (χ0) is 6.24. The molecule has 0 aliphatic carbocycles. The molecule has 0 heteroatoms. The van der Waals surface area contributed by atoms with Gasteiger partial charge in [-0.1, -0.05) is 37.6 Å². The molecule has 0 aromatic rings. The van der Waals surface area contributed by atoms with Crippen molar-refractivity contribution in [2.24, 2.45) is 0 Å². The van der Waals surface area contributed by atoms with E-state index in [1.807, 2.05) is 13.0 Å². The van der Waals surface area contributed by atoms with Crippen LogP contribution < -0.4 is 0 Å². The van der Waals surface area contributed by atoms with Crippen molar-refractivity contribution in [1.29, 1.82) is 0 Å². The molecule has 0 nitrogen and oxygen atoms in total. The molecule has 0 unspecified atom stereocenters. The van der Waals surface area contributed by atoms with Gasteiger partial charge in [0.15, 0.2) is 0 Å². The molecule has 0 rings (SSSR count). The van der Waals surface area contributed by atoms with E-state index in [0.717, 1.165) is 0 Å². The number of hydrogen-bond acceptors (Lipinski definition) is 0. The van der Waals surface area contributed by atoms with E-state index in [1.54, 1.807) is 0 Å². The molecular weight excluding hydrogens is 96.1 g/mol. The van der Waals surface area contributed by atoms with Crippen LogP contribution in [0.3, 0.4) is 0 Å². The van der Waals surface area contributed by atoms with Crippen molar-refractivity contribution in [2.75, 3.05) is 0 Å². The average molecular weight is 110 g/mol. The molecule has 8 heavy (non-hydrogen) atoms. The molecule has 0 saturated heterocycles. The van der Waals surface area contributed by atoms with Crippen LogP contribution in [0.2, 0.25) is 0 Å². The van der Waals surface area contributed by atoms with Crippen LogP contribution in [-0.4, -0.2) is 0 Å². The Morgan fingerprint density at radius 1 is 1.25 bits per heavy atom. The normalized spacial score (nSPS) is 11.8. The smallest absolute Gasteiger partial charge is 0.0350 e. The minimum Gasteiger partial charge on any atom is -0.0877 e. The van der Waals surface area contributed by atoms with E-state index in [-0.39, 0.29) is 0 Å². The lowest BCUT2D eigenvalue weighted by Crippen LogP contribution is -1.57. The first-order valence-electron chi connectivity index (χ1n) is 3.19. The van der Waals surface area contributed by atoms with E-state index in [4.69, 9.17) is 0 Å². The lowest BCUT2D eigenvalue weighted by atomic mass is 10.3. The van der Waals surface area contributed by atoms with Crippen LogP contribution in [0.15, 0.2) is 24.3 Å². The first kappa shape index (κ1) is 7.48. The molecule has 0 amide bonds. The highest BCUT2D eigenvalue weighted by Gasteiger charge is 1.67. The highest BCUT2D eigenvalue weighted by atomic mass is 13.7. The van der Waals surface area contributed by atoms with Gasteiger partial charge in [0.25, 0.3) is 0 Å². The van der Waals surface area contributed by atoms with Crippen molar-refractivity contribution >= 4 is 0 Å². The summed E-state index contributed by atoms with van der Waals surface area (Å²) in [4.78, 5) is 0. The van der Waals surface area contributed by atoms with Crippen molar-refractivity contribution in [2.45, 2.75) is 26.7 Å². The number of rotatable bonds is 3. The summed E-state index contributed by atoms with van der Waals surface area (Å²) in [6.45, 7) is 4.20. The Morgan fingerprint density at radius 3 is 2.50 bits per heavy atom. The third-order valence-electron chi connectivity index (χ3n) is 0.895. The zero-order valence-electron chi connectivity index (χ0n) is 5.72. The summed E-state index contributed by atoms with van der Waals surface area (Å²) < 4.78 is 0. The molecule has 0 aliphatic heterocycles. The molecule has 46 valence electrons. The van der Waals surface area contributed by atoms with Gasteiger partial charge in [-0.05, 0) is 13.3 Å². The topological polar surface area (TPSA) is 0 Å². The third kappa shape index (κ3) is 5.48. The highest BCUT2D eigenvalue weighted by molar-refractivity contribution is 5.00. The molecule has 0 radical (unpaired) electrons. The van der Waals surface area contributed by atoms with Gasteiger partial charge in [-0.2, -0.15) is 0 Å². The molecule has 0 aromatic heterocycles. The molecule has 0 bridgehead atoms. The van der Waals surface area contributed by atoms with Crippen LogP contribution in [0.4, 0.5) is 0 Å². The fourth-order valence-electron chi connectivity index (χ4n) is 0.453. The number of unbranched alkanes of at least 4 members (excludes halogenated alkanes) is 1. The van der Waals surface area contributed by atoms with Crippen LogP contribution in [0, 0.1) is 0 Å². The molecule has 0 atom stereocenters. The van der Waals surface area contributed by atoms with E-state index in [0.29, 0.717) is 0 Å². The fraction of sp³-hybridized carbons (Fsp3) is 0.500. The van der Waals surface area contributed by atoms with Crippen LogP contribution in [0.5, 0.6) is 0 Å². The molecule has 0 aliphatic rings. The molecule has 0 heterocycles. The minimum atomic E-state index is 1.20. The first-order chi connectivity index (χ1) is 3.91. The van der Waals surface area contributed by atoms with Crippen molar-refractivity contribution in [3.05, 3.63) is 24.3 Å². The average Bonchev–Trinajstić information content (AvgIpc) is 1.81. The number of allylic oxidation sites excluding steroid dienone is 4. The van der Waals surface area contributed by atoms with Gasteiger partial charge in [0.05, 0.1) is 0 Å². The van der Waals surface area contributed by atoms with Gasteiger partial charge >= 0.3 is 0 Å². The van der Waals surface area contributed by atoms with E-state index in [1.165, 1.54) is 12.8 Å². The summed E-state index contributed by atoms with van der Waals surface area (Å²) in [5.41, 5.74) is 0. The minimum absolute atomic E-state index is 1.20. The molecular formula is C8H14. The van der Waals surface area contributed by atoms with Gasteiger partial charge in [-0.25, -0.2) is 0 Å². The monoisotopic (exact) mass is 110 g/mol. The quantitative estimate of drug-likeness (QED) is 0.490. The Balaban J connectivity index is 3.07. The molecule has 0 saturated carbocycles. The van der Waals surface area contributed by atoms with E-state index in [2.05, 4.69) is 25.2 Å². The van der Waals surface area contributed by atoms with Gasteiger partial charge in [0, 0.05) is 0 Å². The summed E-state index contributed by atoms with van der Waals surface area (Å²) in [6, 6.07) is 0.